The molecule has 72 valence electrons. The second-order valence-electron chi connectivity index (χ2n) is 2.97. The minimum atomic E-state index is 0.0499. The van der Waals surface area contributed by atoms with Crippen LogP contribution in [0.5, 0.6) is 0 Å². The van der Waals surface area contributed by atoms with Gasteiger partial charge in [0, 0.05) is 17.8 Å². The number of nitrogens with zero attached hydrogens (tertiary/aromatic N) is 1. The van der Waals surface area contributed by atoms with E-state index in [0.717, 1.165) is 5.69 Å². The van der Waals surface area contributed by atoms with E-state index in [0.29, 0.717) is 18.5 Å². The average Bonchev–Trinajstić information content (AvgIpc) is 2.19. The van der Waals surface area contributed by atoms with Gasteiger partial charge in [0.15, 0.2) is 5.78 Å². The van der Waals surface area contributed by atoms with Gasteiger partial charge in [-0.1, -0.05) is 12.1 Å². The SMILES string of the molecule is CC(=O)c1cccc(NCCC#N)c1. The minimum absolute atomic E-state index is 0.0499. The van der Waals surface area contributed by atoms with Gasteiger partial charge in [0.1, 0.15) is 0 Å². The van der Waals surface area contributed by atoms with Gasteiger partial charge < -0.3 is 5.32 Å². The van der Waals surface area contributed by atoms with Gasteiger partial charge in [0.25, 0.3) is 0 Å². The number of hydrogen-bond donors (Lipinski definition) is 1. The number of anilines is 1. The molecule has 3 nitrogen and oxygen atoms in total. The molecule has 0 saturated carbocycles. The zero-order valence-electron chi connectivity index (χ0n) is 8.08. The van der Waals surface area contributed by atoms with E-state index in [9.17, 15) is 4.79 Å². The monoisotopic (exact) mass is 188 g/mol. The predicted molar refractivity (Wildman–Crippen MR) is 55.2 cm³/mol. The summed E-state index contributed by atoms with van der Waals surface area (Å²) in [5.74, 6) is 0.0499. The van der Waals surface area contributed by atoms with Gasteiger partial charge in [-0.3, -0.25) is 4.79 Å². The summed E-state index contributed by atoms with van der Waals surface area (Å²) in [4.78, 5) is 11.0. The van der Waals surface area contributed by atoms with Crippen LogP contribution in [0.1, 0.15) is 23.7 Å². The van der Waals surface area contributed by atoms with Crippen molar-refractivity contribution in [1.29, 1.82) is 5.26 Å². The molecule has 0 aromatic heterocycles. The Hall–Kier alpha value is -1.82. The van der Waals surface area contributed by atoms with Gasteiger partial charge in [-0.2, -0.15) is 5.26 Å². The van der Waals surface area contributed by atoms with Crippen LogP contribution in [-0.2, 0) is 0 Å². The molecule has 0 unspecified atom stereocenters. The third kappa shape index (κ3) is 2.91. The number of benzene rings is 1. The molecular formula is C11H12N2O. The van der Waals surface area contributed by atoms with E-state index >= 15 is 0 Å². The van der Waals surface area contributed by atoms with Crippen LogP contribution in [0.2, 0.25) is 0 Å². The fourth-order valence-electron chi connectivity index (χ4n) is 1.11. The molecule has 1 rings (SSSR count). The first-order valence-electron chi connectivity index (χ1n) is 4.46. The smallest absolute Gasteiger partial charge is 0.159 e. The molecular weight excluding hydrogens is 176 g/mol. The van der Waals surface area contributed by atoms with Crippen LogP contribution >= 0.6 is 0 Å². The number of nitrogens with one attached hydrogen (secondary N) is 1. The number of ketones is 1. The second kappa shape index (κ2) is 5.03. The van der Waals surface area contributed by atoms with Crippen molar-refractivity contribution >= 4 is 11.5 Å². The van der Waals surface area contributed by atoms with Crippen LogP contribution in [-0.4, -0.2) is 12.3 Å². The first-order chi connectivity index (χ1) is 6.74. The summed E-state index contributed by atoms with van der Waals surface area (Å²) >= 11 is 0. The van der Waals surface area contributed by atoms with Crippen molar-refractivity contribution in [2.75, 3.05) is 11.9 Å². The quantitative estimate of drug-likeness (QED) is 0.582. The summed E-state index contributed by atoms with van der Waals surface area (Å²) in [6.07, 6.45) is 0.463. The number of Topliss-reactive ketones (excluding diaryl/α,β-unsaturated/α-hetero) is 1. The van der Waals surface area contributed by atoms with Crippen LogP contribution in [0, 0.1) is 11.3 Å². The largest absolute Gasteiger partial charge is 0.384 e. The van der Waals surface area contributed by atoms with Crippen molar-refractivity contribution in [2.24, 2.45) is 0 Å². The highest BCUT2D eigenvalue weighted by Gasteiger charge is 1.99. The van der Waals surface area contributed by atoms with Crippen LogP contribution in [0.3, 0.4) is 0 Å². The van der Waals surface area contributed by atoms with Crippen molar-refractivity contribution < 1.29 is 4.79 Å². The normalized spacial score (nSPS) is 9.14. The van der Waals surface area contributed by atoms with E-state index in [1.165, 1.54) is 6.92 Å². The lowest BCUT2D eigenvalue weighted by Crippen LogP contribution is -2.01. The molecule has 0 saturated heterocycles. The number of carbonyl (C=O) groups excluding carboxylic acids is 1. The van der Waals surface area contributed by atoms with Gasteiger partial charge in [0.2, 0.25) is 0 Å². The number of hydrogen-bond acceptors (Lipinski definition) is 3. The van der Waals surface area contributed by atoms with Crippen LogP contribution in [0.4, 0.5) is 5.69 Å². The Kier molecular flexibility index (Phi) is 3.69. The highest BCUT2D eigenvalue weighted by Crippen LogP contribution is 2.10. The Bertz CT molecular complexity index is 366. The van der Waals surface area contributed by atoms with E-state index in [1.807, 2.05) is 18.2 Å². The minimum Gasteiger partial charge on any atom is -0.384 e. The summed E-state index contributed by atoms with van der Waals surface area (Å²) in [6, 6.07) is 9.32. The molecule has 1 aromatic carbocycles. The molecule has 14 heavy (non-hydrogen) atoms. The fourth-order valence-corrected chi connectivity index (χ4v) is 1.11. The topological polar surface area (TPSA) is 52.9 Å². The average molecular weight is 188 g/mol. The van der Waals surface area contributed by atoms with Crippen molar-refractivity contribution in [3.05, 3.63) is 29.8 Å². The number of rotatable bonds is 4. The van der Waals surface area contributed by atoms with Gasteiger partial charge >= 0.3 is 0 Å². The molecule has 0 fully saturated rings. The Morgan fingerprint density at radius 2 is 2.36 bits per heavy atom. The predicted octanol–water partition coefficient (Wildman–Crippen LogP) is 2.21. The van der Waals surface area contributed by atoms with Gasteiger partial charge in [-0.15, -0.1) is 0 Å². The molecule has 0 aliphatic heterocycles. The summed E-state index contributed by atoms with van der Waals surface area (Å²) in [5.41, 5.74) is 1.57. The molecule has 0 heterocycles. The maximum atomic E-state index is 11.0. The van der Waals surface area contributed by atoms with Crippen LogP contribution < -0.4 is 5.32 Å². The molecule has 1 N–H and O–H groups in total. The van der Waals surface area contributed by atoms with Crippen LogP contribution in [0.25, 0.3) is 0 Å². The highest BCUT2D eigenvalue weighted by atomic mass is 16.1. The van der Waals surface area contributed by atoms with Gasteiger partial charge in [-0.05, 0) is 19.1 Å². The first kappa shape index (κ1) is 10.3. The Morgan fingerprint density at radius 3 is 3.00 bits per heavy atom. The van der Waals surface area contributed by atoms with E-state index in [2.05, 4.69) is 5.32 Å². The molecule has 0 spiro atoms. The van der Waals surface area contributed by atoms with Crippen LogP contribution in [0.15, 0.2) is 24.3 Å². The third-order valence-electron chi connectivity index (χ3n) is 1.84. The maximum absolute atomic E-state index is 11.0. The standard InChI is InChI=1S/C11H12N2O/c1-9(14)10-4-2-5-11(8-10)13-7-3-6-12/h2,4-5,8,13H,3,7H2,1H3. The van der Waals surface area contributed by atoms with Gasteiger partial charge in [-0.25, -0.2) is 0 Å². The molecule has 3 heteroatoms. The summed E-state index contributed by atoms with van der Waals surface area (Å²) < 4.78 is 0. The fraction of sp³-hybridized carbons (Fsp3) is 0.273. The molecule has 0 bridgehead atoms. The third-order valence-corrected chi connectivity index (χ3v) is 1.84. The molecule has 0 radical (unpaired) electrons. The van der Waals surface area contributed by atoms with E-state index < -0.39 is 0 Å². The Balaban J connectivity index is 2.65. The number of nitriles is 1. The molecule has 1 aromatic rings. The molecule has 0 aliphatic rings. The highest BCUT2D eigenvalue weighted by molar-refractivity contribution is 5.94. The van der Waals surface area contributed by atoms with Crippen molar-refractivity contribution in [3.8, 4) is 6.07 Å². The maximum Gasteiger partial charge on any atom is 0.159 e. The zero-order chi connectivity index (χ0) is 10.4. The first-order valence-corrected chi connectivity index (χ1v) is 4.46. The Labute approximate surface area is 83.4 Å². The van der Waals surface area contributed by atoms with Gasteiger partial charge in [0.05, 0.1) is 12.5 Å². The van der Waals surface area contributed by atoms with Crippen molar-refractivity contribution in [2.45, 2.75) is 13.3 Å². The lowest BCUT2D eigenvalue weighted by atomic mass is 10.1. The summed E-state index contributed by atoms with van der Waals surface area (Å²) in [6.45, 7) is 2.15. The van der Waals surface area contributed by atoms with Crippen molar-refractivity contribution in [1.82, 2.24) is 0 Å². The van der Waals surface area contributed by atoms with E-state index in [1.54, 1.807) is 12.1 Å². The van der Waals surface area contributed by atoms with E-state index in [4.69, 9.17) is 5.26 Å². The zero-order valence-corrected chi connectivity index (χ0v) is 8.08. The summed E-state index contributed by atoms with van der Waals surface area (Å²) in [7, 11) is 0. The Morgan fingerprint density at radius 1 is 1.57 bits per heavy atom. The molecule has 0 aliphatic carbocycles. The lowest BCUT2D eigenvalue weighted by Gasteiger charge is -2.04. The molecule has 0 atom stereocenters. The number of carbonyl (C=O) groups is 1. The summed E-state index contributed by atoms with van der Waals surface area (Å²) in [5, 5.41) is 11.4. The van der Waals surface area contributed by atoms with Crippen molar-refractivity contribution in [3.63, 3.8) is 0 Å². The van der Waals surface area contributed by atoms with E-state index in [-0.39, 0.29) is 5.78 Å². The lowest BCUT2D eigenvalue weighted by molar-refractivity contribution is 0.101. The molecule has 0 amide bonds. The second-order valence-corrected chi connectivity index (χ2v) is 2.97.